The van der Waals surface area contributed by atoms with Gasteiger partial charge >= 0.3 is 6.09 Å². The Morgan fingerprint density at radius 1 is 1.21 bits per heavy atom. The lowest BCUT2D eigenvalue weighted by Crippen LogP contribution is -2.55. The minimum atomic E-state index is -1.47. The summed E-state index contributed by atoms with van der Waals surface area (Å²) in [4.78, 5) is 28.2. The van der Waals surface area contributed by atoms with Gasteiger partial charge in [-0.15, -0.1) is 0 Å². The van der Waals surface area contributed by atoms with Crippen molar-refractivity contribution >= 4 is 17.6 Å². The van der Waals surface area contributed by atoms with Crippen LogP contribution in [0, 0.1) is 0 Å². The average molecular weight is 474 g/mol. The Morgan fingerprint density at radius 3 is 2.44 bits per heavy atom. The molecule has 0 radical (unpaired) electrons. The molecular weight excluding hydrogens is 437 g/mol. The number of carbonyl (C=O) groups excluding carboxylic acids is 2. The fourth-order valence-electron chi connectivity index (χ4n) is 4.97. The highest BCUT2D eigenvalue weighted by Crippen LogP contribution is 2.40. The van der Waals surface area contributed by atoms with Gasteiger partial charge in [0.25, 0.3) is 5.91 Å². The van der Waals surface area contributed by atoms with E-state index in [1.807, 2.05) is 51.9 Å². The third-order valence-electron chi connectivity index (χ3n) is 6.86. The molecule has 1 N–H and O–H groups in total. The summed E-state index contributed by atoms with van der Waals surface area (Å²) >= 11 is 0. The zero-order chi connectivity index (χ0) is 24.7. The smallest absolute Gasteiger partial charge is 0.410 e. The third-order valence-corrected chi connectivity index (χ3v) is 6.86. The minimum Gasteiger partial charge on any atom is -0.451 e. The van der Waals surface area contributed by atoms with Crippen molar-refractivity contribution in [2.75, 3.05) is 20.1 Å². The normalized spacial score (nSPS) is 23.1. The van der Waals surface area contributed by atoms with Crippen LogP contribution in [0.25, 0.3) is 5.57 Å². The number of piperidine rings is 1. The SMILES string of the molecule is CC1=CC(c2ccc(C(=O)NC3CCC3)o2)=CN(C)C1C1(F)CCN(C(=O)OC(C)(C)C)CC1. The molecule has 4 rings (SSSR count). The van der Waals surface area contributed by atoms with Crippen molar-refractivity contribution in [3.8, 4) is 0 Å². The molecule has 1 aromatic heterocycles. The van der Waals surface area contributed by atoms with Crippen LogP contribution in [0.15, 0.2) is 34.4 Å². The predicted octanol–water partition coefficient (Wildman–Crippen LogP) is 4.90. The van der Waals surface area contributed by atoms with Crippen molar-refractivity contribution in [1.82, 2.24) is 15.1 Å². The summed E-state index contributed by atoms with van der Waals surface area (Å²) in [6.07, 6.45) is 7.05. The topological polar surface area (TPSA) is 75.0 Å². The quantitative estimate of drug-likeness (QED) is 0.673. The molecule has 1 atom stereocenters. The molecule has 2 fully saturated rings. The maximum Gasteiger partial charge on any atom is 0.410 e. The maximum absolute atomic E-state index is 16.2. The lowest BCUT2D eigenvalue weighted by atomic mass is 9.80. The van der Waals surface area contributed by atoms with Crippen LogP contribution in [0.3, 0.4) is 0 Å². The number of nitrogens with one attached hydrogen (secondary N) is 1. The lowest BCUT2D eigenvalue weighted by molar-refractivity contribution is -0.0131. The Bertz CT molecular complexity index is 994. The first-order valence-electron chi connectivity index (χ1n) is 12.1. The Labute approximate surface area is 201 Å². The van der Waals surface area contributed by atoms with Gasteiger partial charge in [-0.2, -0.15) is 0 Å². The number of likely N-dealkylation sites (N-methyl/N-ethyl adjacent to an activating group) is 1. The molecule has 1 aliphatic carbocycles. The molecular formula is C26H36FN3O4. The number of allylic oxidation sites excluding steroid dienone is 2. The van der Waals surface area contributed by atoms with E-state index >= 15 is 4.39 Å². The fraction of sp³-hybridized carbons (Fsp3) is 0.615. The number of rotatable bonds is 4. The molecule has 2 amide bonds. The second-order valence-corrected chi connectivity index (χ2v) is 10.8. The van der Waals surface area contributed by atoms with E-state index in [1.165, 1.54) is 0 Å². The molecule has 1 unspecified atom stereocenters. The average Bonchev–Trinajstić information content (AvgIpc) is 3.19. The van der Waals surface area contributed by atoms with Crippen molar-refractivity contribution in [3.63, 3.8) is 0 Å². The van der Waals surface area contributed by atoms with Crippen LogP contribution in [0.2, 0.25) is 0 Å². The van der Waals surface area contributed by atoms with Crippen LogP contribution in [0.4, 0.5) is 9.18 Å². The Morgan fingerprint density at radius 2 is 1.88 bits per heavy atom. The van der Waals surface area contributed by atoms with E-state index in [9.17, 15) is 9.59 Å². The molecule has 186 valence electrons. The number of nitrogens with zero attached hydrogens (tertiary/aromatic N) is 2. The highest BCUT2D eigenvalue weighted by Gasteiger charge is 2.46. The molecule has 0 aromatic carbocycles. The van der Waals surface area contributed by atoms with Crippen molar-refractivity contribution in [2.45, 2.75) is 83.2 Å². The zero-order valence-electron chi connectivity index (χ0n) is 20.8. The van der Waals surface area contributed by atoms with E-state index in [1.54, 1.807) is 17.0 Å². The fourth-order valence-corrected chi connectivity index (χ4v) is 4.97. The number of hydrogen-bond donors (Lipinski definition) is 1. The van der Waals surface area contributed by atoms with Crippen LogP contribution in [-0.4, -0.2) is 65.3 Å². The number of furan rings is 1. The highest BCUT2D eigenvalue weighted by molar-refractivity contribution is 5.92. The van der Waals surface area contributed by atoms with Crippen molar-refractivity contribution in [2.24, 2.45) is 0 Å². The largest absolute Gasteiger partial charge is 0.451 e. The van der Waals surface area contributed by atoms with Crippen molar-refractivity contribution < 1.29 is 23.1 Å². The van der Waals surface area contributed by atoms with E-state index in [2.05, 4.69) is 5.32 Å². The van der Waals surface area contributed by atoms with Gasteiger partial charge in [0.05, 0.1) is 6.04 Å². The molecule has 1 saturated heterocycles. The summed E-state index contributed by atoms with van der Waals surface area (Å²) in [5.74, 6) is 0.671. The van der Waals surface area contributed by atoms with Crippen LogP contribution in [0.5, 0.6) is 0 Å². The van der Waals surface area contributed by atoms with Gasteiger partial charge < -0.3 is 24.3 Å². The number of carbonyl (C=O) groups is 2. The van der Waals surface area contributed by atoms with Gasteiger partial charge in [0.2, 0.25) is 0 Å². The Balaban J connectivity index is 1.41. The lowest BCUT2D eigenvalue weighted by Gasteiger charge is -2.45. The van der Waals surface area contributed by atoms with E-state index in [-0.39, 0.29) is 30.6 Å². The van der Waals surface area contributed by atoms with E-state index in [0.29, 0.717) is 18.8 Å². The van der Waals surface area contributed by atoms with Gasteiger partial charge in [-0.1, -0.05) is 0 Å². The van der Waals surface area contributed by atoms with Crippen molar-refractivity contribution in [3.05, 3.63) is 41.5 Å². The van der Waals surface area contributed by atoms with Gasteiger partial charge in [0.1, 0.15) is 17.0 Å². The molecule has 3 aliphatic rings. The number of ether oxygens (including phenoxy) is 1. The minimum absolute atomic E-state index is 0.196. The highest BCUT2D eigenvalue weighted by atomic mass is 19.1. The first-order valence-corrected chi connectivity index (χ1v) is 12.1. The first-order chi connectivity index (χ1) is 15.9. The number of halogens is 1. The molecule has 7 nitrogen and oxygen atoms in total. The van der Waals surface area contributed by atoms with Crippen LogP contribution >= 0.6 is 0 Å². The summed E-state index contributed by atoms with van der Waals surface area (Å²) < 4.78 is 27.4. The predicted molar refractivity (Wildman–Crippen MR) is 128 cm³/mol. The molecule has 34 heavy (non-hydrogen) atoms. The van der Waals surface area contributed by atoms with Gasteiger partial charge in [0.15, 0.2) is 5.76 Å². The van der Waals surface area contributed by atoms with E-state index in [4.69, 9.17) is 9.15 Å². The van der Waals surface area contributed by atoms with Crippen LogP contribution in [0.1, 0.15) is 76.1 Å². The van der Waals surface area contributed by atoms with Gasteiger partial charge in [-0.05, 0) is 70.7 Å². The van der Waals surface area contributed by atoms with Crippen LogP contribution in [-0.2, 0) is 4.74 Å². The Hall–Kier alpha value is -2.77. The second-order valence-electron chi connectivity index (χ2n) is 10.8. The second kappa shape index (κ2) is 9.12. The molecule has 3 heterocycles. The van der Waals surface area contributed by atoms with E-state index in [0.717, 1.165) is 30.4 Å². The zero-order valence-corrected chi connectivity index (χ0v) is 20.8. The Kier molecular flexibility index (Phi) is 6.53. The summed E-state index contributed by atoms with van der Waals surface area (Å²) in [5.41, 5.74) is -0.360. The van der Waals surface area contributed by atoms with Crippen molar-refractivity contribution in [1.29, 1.82) is 0 Å². The standard InChI is InChI=1S/C26H36FN3O4/c1-17-15-18(20-9-10-21(33-20)23(31)28-19-7-6-8-19)16-29(5)22(17)26(27)11-13-30(14-12-26)24(32)34-25(2,3)4/h9-10,15-16,19,22H,6-8,11-14H2,1-5H3,(H,28,31). The van der Waals surface area contributed by atoms with Gasteiger partial charge in [0, 0.05) is 50.8 Å². The molecule has 2 aliphatic heterocycles. The maximum atomic E-state index is 16.2. The van der Waals surface area contributed by atoms with Gasteiger partial charge in [-0.25, -0.2) is 9.18 Å². The monoisotopic (exact) mass is 473 g/mol. The number of hydrogen-bond acceptors (Lipinski definition) is 5. The number of alkyl halides is 1. The molecule has 0 bridgehead atoms. The summed E-state index contributed by atoms with van der Waals surface area (Å²) in [5, 5.41) is 2.98. The molecule has 8 heteroatoms. The van der Waals surface area contributed by atoms with Crippen LogP contribution < -0.4 is 5.32 Å². The summed E-state index contributed by atoms with van der Waals surface area (Å²) in [6.45, 7) is 8.03. The number of amides is 2. The molecule has 1 saturated carbocycles. The first kappa shape index (κ1) is 24.4. The van der Waals surface area contributed by atoms with E-state index < -0.39 is 23.4 Å². The summed E-state index contributed by atoms with van der Waals surface area (Å²) in [6, 6.07) is 3.27. The number of likely N-dealkylation sites (tertiary alicyclic amines) is 1. The molecule has 1 aromatic rings. The van der Waals surface area contributed by atoms with Gasteiger partial charge in [-0.3, -0.25) is 4.79 Å². The third kappa shape index (κ3) is 5.15. The summed E-state index contributed by atoms with van der Waals surface area (Å²) in [7, 11) is 1.86. The molecule has 0 spiro atoms.